The minimum atomic E-state index is 0.948. The van der Waals surface area contributed by atoms with Crippen LogP contribution >= 0.6 is 0 Å². The molecule has 2 aromatic heterocycles. The van der Waals surface area contributed by atoms with E-state index in [0.29, 0.717) is 0 Å². The van der Waals surface area contributed by atoms with E-state index >= 15 is 0 Å². The fraction of sp³-hybridized carbons (Fsp3) is 0. The van der Waals surface area contributed by atoms with Crippen LogP contribution in [-0.2, 0) is 0 Å². The molecular formula is C37H26N2. The highest BCUT2D eigenvalue weighted by Crippen LogP contribution is 2.35. The van der Waals surface area contributed by atoms with Crippen LogP contribution < -0.4 is 0 Å². The van der Waals surface area contributed by atoms with Crippen LogP contribution in [0.25, 0.3) is 67.2 Å². The molecule has 0 atom stereocenters. The molecule has 2 heterocycles. The maximum Gasteiger partial charge on any atom is 0.0715 e. The van der Waals surface area contributed by atoms with E-state index in [1.165, 1.54) is 21.8 Å². The molecule has 2 heteroatoms. The largest absolute Gasteiger partial charge is 0.309 e. The molecule has 0 saturated heterocycles. The van der Waals surface area contributed by atoms with E-state index in [4.69, 9.17) is 4.98 Å². The van der Waals surface area contributed by atoms with Gasteiger partial charge in [0.15, 0.2) is 0 Å². The minimum Gasteiger partial charge on any atom is -0.309 e. The molecule has 0 amide bonds. The zero-order valence-electron chi connectivity index (χ0n) is 21.5. The third-order valence-corrected chi connectivity index (χ3v) is 7.35. The van der Waals surface area contributed by atoms with Crippen LogP contribution in [0.1, 0.15) is 5.56 Å². The van der Waals surface area contributed by atoms with Crippen molar-refractivity contribution in [3.8, 4) is 39.3 Å². The smallest absolute Gasteiger partial charge is 0.0715 e. The number of pyridine rings is 1. The van der Waals surface area contributed by atoms with E-state index in [2.05, 4.69) is 145 Å². The lowest BCUT2D eigenvalue weighted by Crippen LogP contribution is -1.95. The summed E-state index contributed by atoms with van der Waals surface area (Å²) in [5.74, 6) is 0. The molecule has 7 rings (SSSR count). The number of aromatic nitrogens is 2. The molecule has 0 fully saturated rings. The molecule has 5 aromatic carbocycles. The maximum atomic E-state index is 5.08. The minimum absolute atomic E-state index is 0.948. The van der Waals surface area contributed by atoms with Gasteiger partial charge in [-0.2, -0.15) is 0 Å². The number of hydrogen-bond acceptors (Lipinski definition) is 1. The van der Waals surface area contributed by atoms with E-state index in [9.17, 15) is 0 Å². The third kappa shape index (κ3) is 4.13. The van der Waals surface area contributed by atoms with E-state index in [-0.39, 0.29) is 0 Å². The van der Waals surface area contributed by atoms with Crippen molar-refractivity contribution in [2.45, 2.75) is 0 Å². The molecular weight excluding hydrogens is 472 g/mol. The lowest BCUT2D eigenvalue weighted by molar-refractivity contribution is 1.18. The first-order valence-electron chi connectivity index (χ1n) is 13.2. The Morgan fingerprint density at radius 1 is 0.487 bits per heavy atom. The summed E-state index contributed by atoms with van der Waals surface area (Å²) in [6.45, 7) is 3.89. The molecule has 0 N–H and O–H groups in total. The van der Waals surface area contributed by atoms with Crippen LogP contribution in [-0.4, -0.2) is 9.55 Å². The van der Waals surface area contributed by atoms with Gasteiger partial charge in [-0.25, -0.2) is 4.98 Å². The Bertz CT molecular complexity index is 1910. The van der Waals surface area contributed by atoms with Crippen molar-refractivity contribution in [2.24, 2.45) is 0 Å². The van der Waals surface area contributed by atoms with Gasteiger partial charge in [0.1, 0.15) is 0 Å². The highest BCUT2D eigenvalue weighted by Gasteiger charge is 2.13. The molecule has 0 bridgehead atoms. The Hall–Kier alpha value is -5.21. The average molecular weight is 499 g/mol. The van der Waals surface area contributed by atoms with Crippen molar-refractivity contribution in [3.05, 3.63) is 152 Å². The molecule has 0 saturated carbocycles. The second-order valence-electron chi connectivity index (χ2n) is 9.74. The van der Waals surface area contributed by atoms with E-state index in [1.54, 1.807) is 0 Å². The molecule has 0 aliphatic carbocycles. The molecule has 7 aromatic rings. The van der Waals surface area contributed by atoms with E-state index in [0.717, 1.165) is 44.9 Å². The topological polar surface area (TPSA) is 17.8 Å². The van der Waals surface area contributed by atoms with Crippen molar-refractivity contribution in [1.82, 2.24) is 9.55 Å². The molecule has 0 spiro atoms. The Balaban J connectivity index is 1.42. The second-order valence-corrected chi connectivity index (χ2v) is 9.74. The van der Waals surface area contributed by atoms with Gasteiger partial charge in [-0.3, -0.25) is 0 Å². The maximum absolute atomic E-state index is 5.08. The van der Waals surface area contributed by atoms with Gasteiger partial charge in [-0.05, 0) is 53.1 Å². The van der Waals surface area contributed by atoms with Crippen molar-refractivity contribution in [1.29, 1.82) is 0 Å². The van der Waals surface area contributed by atoms with Crippen molar-refractivity contribution < 1.29 is 0 Å². The first kappa shape index (κ1) is 22.9. The Labute approximate surface area is 228 Å². The Morgan fingerprint density at radius 2 is 1.05 bits per heavy atom. The van der Waals surface area contributed by atoms with Gasteiger partial charge in [-0.1, -0.05) is 116 Å². The fourth-order valence-electron chi connectivity index (χ4n) is 5.42. The summed E-state index contributed by atoms with van der Waals surface area (Å²) in [7, 11) is 0. The quantitative estimate of drug-likeness (QED) is 0.231. The van der Waals surface area contributed by atoms with E-state index < -0.39 is 0 Å². The fourth-order valence-corrected chi connectivity index (χ4v) is 5.42. The zero-order chi connectivity index (χ0) is 26.2. The summed E-state index contributed by atoms with van der Waals surface area (Å²) in [5, 5.41) is 2.53. The van der Waals surface area contributed by atoms with Crippen LogP contribution in [0.3, 0.4) is 0 Å². The monoisotopic (exact) mass is 498 g/mol. The summed E-state index contributed by atoms with van der Waals surface area (Å²) in [5.41, 5.74) is 11.0. The number of fused-ring (bicyclic) bond motifs is 3. The summed E-state index contributed by atoms with van der Waals surface area (Å²) in [6, 6.07) is 49.3. The van der Waals surface area contributed by atoms with Gasteiger partial charge in [0.2, 0.25) is 0 Å². The highest BCUT2D eigenvalue weighted by molar-refractivity contribution is 6.09. The van der Waals surface area contributed by atoms with Gasteiger partial charge in [0, 0.05) is 27.6 Å². The number of nitrogens with zero attached hydrogens (tertiary/aromatic N) is 2. The molecule has 184 valence electrons. The summed E-state index contributed by atoms with van der Waals surface area (Å²) < 4.78 is 2.36. The molecule has 39 heavy (non-hydrogen) atoms. The third-order valence-electron chi connectivity index (χ3n) is 7.35. The predicted octanol–water partition coefficient (Wildman–Crippen LogP) is 9.82. The number of hydrogen-bond donors (Lipinski definition) is 0. The zero-order valence-corrected chi connectivity index (χ0v) is 21.5. The van der Waals surface area contributed by atoms with Gasteiger partial charge < -0.3 is 4.57 Å². The van der Waals surface area contributed by atoms with Crippen molar-refractivity contribution >= 4 is 27.9 Å². The normalized spacial score (nSPS) is 11.2. The highest BCUT2D eigenvalue weighted by atomic mass is 15.0. The molecule has 0 aliphatic heterocycles. The SMILES string of the molecule is C=Cc1ccc(-c2cc(-c3cccc(-n4c5ccccc5c5ccccc54)c3)cc(-c3ccccc3)n2)cc1. The van der Waals surface area contributed by atoms with Crippen molar-refractivity contribution in [3.63, 3.8) is 0 Å². The average Bonchev–Trinajstić information content (AvgIpc) is 3.36. The summed E-state index contributed by atoms with van der Waals surface area (Å²) in [6.07, 6.45) is 1.86. The van der Waals surface area contributed by atoms with Gasteiger partial charge in [-0.15, -0.1) is 0 Å². The lowest BCUT2D eigenvalue weighted by Gasteiger charge is -2.13. The van der Waals surface area contributed by atoms with Crippen molar-refractivity contribution in [2.75, 3.05) is 0 Å². The van der Waals surface area contributed by atoms with Crippen LogP contribution in [0.15, 0.2) is 146 Å². The first-order valence-corrected chi connectivity index (χ1v) is 13.2. The Kier molecular flexibility index (Phi) is 5.64. The van der Waals surface area contributed by atoms with Crippen LogP contribution in [0.2, 0.25) is 0 Å². The molecule has 2 nitrogen and oxygen atoms in total. The second kappa shape index (κ2) is 9.59. The summed E-state index contributed by atoms with van der Waals surface area (Å²) in [4.78, 5) is 5.08. The summed E-state index contributed by atoms with van der Waals surface area (Å²) >= 11 is 0. The van der Waals surface area contributed by atoms with Gasteiger partial charge in [0.05, 0.1) is 22.4 Å². The molecule has 0 radical (unpaired) electrons. The number of benzene rings is 5. The molecule has 0 unspecified atom stereocenters. The van der Waals surface area contributed by atoms with Crippen LogP contribution in [0.4, 0.5) is 0 Å². The van der Waals surface area contributed by atoms with Crippen LogP contribution in [0.5, 0.6) is 0 Å². The number of rotatable bonds is 5. The molecule has 0 aliphatic rings. The Morgan fingerprint density at radius 3 is 1.69 bits per heavy atom. The standard InChI is InChI=1S/C37H26N2/c1-2-26-19-21-28(22-20-26)35-25-30(24-34(38-35)27-11-4-3-5-12-27)29-13-10-14-31(23-29)39-36-17-8-6-15-32(36)33-16-7-9-18-37(33)39/h2-25H,1H2. The lowest BCUT2D eigenvalue weighted by atomic mass is 9.99. The van der Waals surface area contributed by atoms with Gasteiger partial charge in [0.25, 0.3) is 0 Å². The number of para-hydroxylation sites is 2. The predicted molar refractivity (Wildman–Crippen MR) is 165 cm³/mol. The van der Waals surface area contributed by atoms with Crippen LogP contribution in [0, 0.1) is 0 Å². The van der Waals surface area contributed by atoms with Gasteiger partial charge >= 0.3 is 0 Å². The first-order chi connectivity index (χ1) is 19.3. The van der Waals surface area contributed by atoms with E-state index in [1.807, 2.05) is 12.1 Å².